The van der Waals surface area contributed by atoms with Gasteiger partial charge in [-0.15, -0.1) is 0 Å². The molecule has 5 heteroatoms. The summed E-state index contributed by atoms with van der Waals surface area (Å²) < 4.78 is 1.85. The van der Waals surface area contributed by atoms with Crippen molar-refractivity contribution in [3.05, 3.63) is 29.7 Å². The van der Waals surface area contributed by atoms with E-state index in [2.05, 4.69) is 21.9 Å². The van der Waals surface area contributed by atoms with Gasteiger partial charge in [-0.2, -0.15) is 5.10 Å². The van der Waals surface area contributed by atoms with Crippen molar-refractivity contribution in [3.8, 4) is 0 Å². The lowest BCUT2D eigenvalue weighted by molar-refractivity contribution is 0.352. The van der Waals surface area contributed by atoms with Gasteiger partial charge in [0.15, 0.2) is 11.5 Å². The van der Waals surface area contributed by atoms with E-state index in [0.717, 1.165) is 43.1 Å². The van der Waals surface area contributed by atoms with Crippen LogP contribution in [0.25, 0.3) is 5.65 Å². The molecule has 0 aliphatic carbocycles. The Bertz CT molecular complexity index is 547. The summed E-state index contributed by atoms with van der Waals surface area (Å²) in [5.41, 5.74) is 7.65. The molecule has 1 aliphatic heterocycles. The first-order chi connectivity index (χ1) is 8.80. The molecule has 0 saturated carbocycles. The van der Waals surface area contributed by atoms with E-state index < -0.39 is 0 Å². The first-order valence-electron chi connectivity index (χ1n) is 6.57. The maximum absolute atomic E-state index is 5.64. The van der Waals surface area contributed by atoms with Crippen LogP contribution in [0.2, 0.25) is 0 Å². The molecule has 1 aliphatic rings. The van der Waals surface area contributed by atoms with Crippen molar-refractivity contribution in [2.24, 2.45) is 5.73 Å². The minimum atomic E-state index is 0.478. The van der Waals surface area contributed by atoms with Crippen LogP contribution in [-0.4, -0.2) is 39.1 Å². The van der Waals surface area contributed by atoms with Crippen molar-refractivity contribution in [2.45, 2.75) is 25.8 Å². The molecule has 5 nitrogen and oxygen atoms in total. The number of rotatable bonds is 3. The van der Waals surface area contributed by atoms with E-state index in [4.69, 9.17) is 5.73 Å². The average Bonchev–Trinajstić information content (AvgIpc) is 3.03. The molecule has 0 bridgehead atoms. The van der Waals surface area contributed by atoms with Gasteiger partial charge in [0.25, 0.3) is 0 Å². The predicted molar refractivity (Wildman–Crippen MR) is 70.4 cm³/mol. The van der Waals surface area contributed by atoms with Crippen LogP contribution in [0.15, 0.2) is 18.3 Å². The third-order valence-corrected chi connectivity index (χ3v) is 3.74. The highest BCUT2D eigenvalue weighted by Gasteiger charge is 2.25. The zero-order valence-electron chi connectivity index (χ0n) is 10.7. The molecule has 0 aromatic carbocycles. The highest BCUT2D eigenvalue weighted by Crippen LogP contribution is 2.24. The maximum Gasteiger partial charge on any atom is 0.156 e. The molecule has 96 valence electrons. The number of likely N-dealkylation sites (tertiary alicyclic amines) is 1. The zero-order valence-corrected chi connectivity index (χ0v) is 10.7. The number of likely N-dealkylation sites (N-methyl/N-ethyl adjacent to an activating group) is 1. The van der Waals surface area contributed by atoms with Gasteiger partial charge in [-0.25, -0.2) is 9.50 Å². The Hall–Kier alpha value is -1.46. The molecule has 0 amide bonds. The normalized spacial score (nSPS) is 20.9. The average molecular weight is 245 g/mol. The third kappa shape index (κ3) is 2.00. The Kier molecular flexibility index (Phi) is 3.01. The van der Waals surface area contributed by atoms with Crippen molar-refractivity contribution < 1.29 is 0 Å². The highest BCUT2D eigenvalue weighted by atomic mass is 15.3. The summed E-state index contributed by atoms with van der Waals surface area (Å²) in [5, 5.41) is 4.58. The van der Waals surface area contributed by atoms with E-state index in [1.807, 2.05) is 22.8 Å². The van der Waals surface area contributed by atoms with Crippen molar-refractivity contribution in [2.75, 3.05) is 19.6 Å². The van der Waals surface area contributed by atoms with E-state index in [9.17, 15) is 0 Å². The van der Waals surface area contributed by atoms with Crippen LogP contribution in [0.5, 0.6) is 0 Å². The lowest BCUT2D eigenvalue weighted by Gasteiger charge is -2.10. The largest absolute Gasteiger partial charge is 0.326 e. The number of hydrogen-bond donors (Lipinski definition) is 1. The summed E-state index contributed by atoms with van der Waals surface area (Å²) in [6, 6.07) is 4.02. The second-order valence-corrected chi connectivity index (χ2v) is 4.89. The van der Waals surface area contributed by atoms with E-state index >= 15 is 0 Å². The van der Waals surface area contributed by atoms with Gasteiger partial charge >= 0.3 is 0 Å². The smallest absolute Gasteiger partial charge is 0.156 e. The molecule has 1 fully saturated rings. The molecule has 2 aromatic rings. The Morgan fingerprint density at radius 3 is 3.11 bits per heavy atom. The van der Waals surface area contributed by atoms with Gasteiger partial charge in [-0.1, -0.05) is 6.92 Å². The second kappa shape index (κ2) is 4.66. The number of aromatic nitrogens is 3. The molecular weight excluding hydrogens is 226 g/mol. The Labute approximate surface area is 107 Å². The van der Waals surface area contributed by atoms with E-state index in [1.54, 1.807) is 0 Å². The summed E-state index contributed by atoms with van der Waals surface area (Å²) in [6.45, 7) is 6.10. The summed E-state index contributed by atoms with van der Waals surface area (Å²) in [5.74, 6) is 1.45. The van der Waals surface area contributed by atoms with Gasteiger partial charge in [-0.3, -0.25) is 0 Å². The van der Waals surface area contributed by atoms with Crippen LogP contribution in [0.1, 0.15) is 30.7 Å². The standard InChI is InChI=1S/C13H19N5/c1-2-17-5-4-11(9-17)13-15-12-7-10(8-14)3-6-18(12)16-13/h3,6-7,11H,2,4-5,8-9,14H2,1H3. The molecule has 1 atom stereocenters. The number of pyridine rings is 1. The SMILES string of the molecule is CCN1CCC(c2nc3cc(CN)ccn3n2)C1. The summed E-state index contributed by atoms with van der Waals surface area (Å²) >= 11 is 0. The summed E-state index contributed by atoms with van der Waals surface area (Å²) in [6.07, 6.45) is 3.11. The van der Waals surface area contributed by atoms with Crippen molar-refractivity contribution in [3.63, 3.8) is 0 Å². The molecule has 2 aromatic heterocycles. The number of fused-ring (bicyclic) bond motifs is 1. The molecule has 2 N–H and O–H groups in total. The topological polar surface area (TPSA) is 59.5 Å². The zero-order chi connectivity index (χ0) is 12.5. The van der Waals surface area contributed by atoms with Gasteiger partial charge in [0.2, 0.25) is 0 Å². The monoisotopic (exact) mass is 245 g/mol. The quantitative estimate of drug-likeness (QED) is 0.876. The molecule has 18 heavy (non-hydrogen) atoms. The van der Waals surface area contributed by atoms with Gasteiger partial charge < -0.3 is 10.6 Å². The summed E-state index contributed by atoms with van der Waals surface area (Å²) in [7, 11) is 0. The van der Waals surface area contributed by atoms with Crippen molar-refractivity contribution >= 4 is 5.65 Å². The number of nitrogens with two attached hydrogens (primary N) is 1. The van der Waals surface area contributed by atoms with Gasteiger partial charge in [0.1, 0.15) is 0 Å². The lowest BCUT2D eigenvalue weighted by Crippen LogP contribution is -2.19. The molecule has 0 radical (unpaired) electrons. The first-order valence-corrected chi connectivity index (χ1v) is 6.57. The fourth-order valence-corrected chi connectivity index (χ4v) is 2.57. The van der Waals surface area contributed by atoms with Gasteiger partial charge in [0.05, 0.1) is 0 Å². The Morgan fingerprint density at radius 2 is 2.39 bits per heavy atom. The Balaban J connectivity index is 1.89. The van der Waals surface area contributed by atoms with Crippen LogP contribution >= 0.6 is 0 Å². The van der Waals surface area contributed by atoms with Gasteiger partial charge in [-0.05, 0) is 37.2 Å². The minimum absolute atomic E-state index is 0.478. The molecule has 3 rings (SSSR count). The minimum Gasteiger partial charge on any atom is -0.326 e. The molecule has 1 saturated heterocycles. The van der Waals surface area contributed by atoms with Crippen molar-refractivity contribution in [1.29, 1.82) is 0 Å². The highest BCUT2D eigenvalue weighted by molar-refractivity contribution is 5.40. The maximum atomic E-state index is 5.64. The van der Waals surface area contributed by atoms with Crippen LogP contribution < -0.4 is 5.73 Å². The van der Waals surface area contributed by atoms with Crippen LogP contribution in [-0.2, 0) is 6.54 Å². The molecular formula is C13H19N5. The van der Waals surface area contributed by atoms with Crippen molar-refractivity contribution in [1.82, 2.24) is 19.5 Å². The number of hydrogen-bond acceptors (Lipinski definition) is 4. The van der Waals surface area contributed by atoms with E-state index in [0.29, 0.717) is 12.5 Å². The predicted octanol–water partition coefficient (Wildman–Crippen LogP) is 0.997. The van der Waals surface area contributed by atoms with Gasteiger partial charge in [0, 0.05) is 25.2 Å². The third-order valence-electron chi connectivity index (χ3n) is 3.74. The van der Waals surface area contributed by atoms with Crippen LogP contribution in [0, 0.1) is 0 Å². The van der Waals surface area contributed by atoms with Crippen LogP contribution in [0.3, 0.4) is 0 Å². The molecule has 3 heterocycles. The molecule has 1 unspecified atom stereocenters. The van der Waals surface area contributed by atoms with E-state index in [-0.39, 0.29) is 0 Å². The van der Waals surface area contributed by atoms with Crippen LogP contribution in [0.4, 0.5) is 0 Å². The lowest BCUT2D eigenvalue weighted by atomic mass is 10.1. The second-order valence-electron chi connectivity index (χ2n) is 4.89. The molecule has 0 spiro atoms. The Morgan fingerprint density at radius 1 is 1.50 bits per heavy atom. The first kappa shape index (κ1) is 11.6. The fraction of sp³-hybridized carbons (Fsp3) is 0.538. The number of nitrogens with zero attached hydrogens (tertiary/aromatic N) is 4. The summed E-state index contributed by atoms with van der Waals surface area (Å²) in [4.78, 5) is 7.09. The fourth-order valence-electron chi connectivity index (χ4n) is 2.57. The van der Waals surface area contributed by atoms with E-state index in [1.165, 1.54) is 0 Å².